The highest BCUT2D eigenvalue weighted by Gasteiger charge is 2.32. The maximum Gasteiger partial charge on any atom is 0.171 e. The van der Waals surface area contributed by atoms with E-state index in [1.54, 1.807) is 0 Å². The minimum atomic E-state index is -0.364. The first-order valence-corrected chi connectivity index (χ1v) is 6.70. The molecule has 0 radical (unpaired) electrons. The Bertz CT molecular complexity index is 434. The summed E-state index contributed by atoms with van der Waals surface area (Å²) in [5, 5.41) is 3.36. The quantitative estimate of drug-likeness (QED) is 0.890. The minimum Gasteiger partial charge on any atom is -0.321 e. The zero-order valence-corrected chi connectivity index (χ0v) is 12.4. The fourth-order valence-corrected chi connectivity index (χ4v) is 2.43. The minimum absolute atomic E-state index is 0. The predicted molar refractivity (Wildman–Crippen MR) is 80.6 cm³/mol. The Balaban J connectivity index is 0.00000180. The standard InChI is InChI=1S/C15H22N2O.ClH/c1-10(2)7-8-17-14-12-6-4-3-5-11(12)9-13(16)15(14)18;/h3-6,10,13-14,17H,7-9,16H2,1-2H3;1H. The van der Waals surface area contributed by atoms with Gasteiger partial charge in [-0.25, -0.2) is 0 Å². The van der Waals surface area contributed by atoms with E-state index in [9.17, 15) is 4.79 Å². The fraction of sp³-hybridized carbons (Fsp3) is 0.533. The molecule has 1 aliphatic rings. The van der Waals surface area contributed by atoms with Crippen molar-refractivity contribution in [3.63, 3.8) is 0 Å². The zero-order chi connectivity index (χ0) is 13.1. The van der Waals surface area contributed by atoms with Gasteiger partial charge < -0.3 is 11.1 Å². The summed E-state index contributed by atoms with van der Waals surface area (Å²) in [4.78, 5) is 12.2. The number of hydrogen-bond acceptors (Lipinski definition) is 3. The molecule has 0 saturated carbocycles. The van der Waals surface area contributed by atoms with E-state index >= 15 is 0 Å². The molecule has 1 aromatic rings. The first kappa shape index (κ1) is 16.2. The van der Waals surface area contributed by atoms with Crippen molar-refractivity contribution in [2.75, 3.05) is 6.54 Å². The van der Waals surface area contributed by atoms with E-state index in [0.717, 1.165) is 18.5 Å². The van der Waals surface area contributed by atoms with Gasteiger partial charge in [0, 0.05) is 0 Å². The molecule has 0 heterocycles. The van der Waals surface area contributed by atoms with Gasteiger partial charge in [-0.3, -0.25) is 4.79 Å². The van der Waals surface area contributed by atoms with Crippen molar-refractivity contribution >= 4 is 18.2 Å². The molecule has 19 heavy (non-hydrogen) atoms. The van der Waals surface area contributed by atoms with Gasteiger partial charge >= 0.3 is 0 Å². The van der Waals surface area contributed by atoms with Crippen molar-refractivity contribution in [1.82, 2.24) is 5.32 Å². The van der Waals surface area contributed by atoms with E-state index < -0.39 is 0 Å². The maximum atomic E-state index is 12.2. The molecule has 3 nitrogen and oxygen atoms in total. The lowest BCUT2D eigenvalue weighted by molar-refractivity contribution is -0.123. The fourth-order valence-electron chi connectivity index (χ4n) is 2.43. The van der Waals surface area contributed by atoms with Crippen LogP contribution in [0.1, 0.15) is 37.4 Å². The lowest BCUT2D eigenvalue weighted by Crippen LogP contribution is -2.45. The van der Waals surface area contributed by atoms with Crippen LogP contribution in [0.2, 0.25) is 0 Å². The Morgan fingerprint density at radius 1 is 1.37 bits per heavy atom. The second-order valence-electron chi connectivity index (χ2n) is 5.48. The van der Waals surface area contributed by atoms with Gasteiger partial charge in [-0.1, -0.05) is 38.1 Å². The number of benzene rings is 1. The molecular formula is C15H23ClN2O. The number of nitrogens with two attached hydrogens (primary N) is 1. The van der Waals surface area contributed by atoms with Gasteiger partial charge in [0.25, 0.3) is 0 Å². The highest BCUT2D eigenvalue weighted by atomic mass is 35.5. The van der Waals surface area contributed by atoms with Crippen LogP contribution in [0.3, 0.4) is 0 Å². The Labute approximate surface area is 121 Å². The van der Waals surface area contributed by atoms with Gasteiger partial charge in [0.15, 0.2) is 5.78 Å². The normalized spacial score (nSPS) is 22.0. The molecule has 106 valence electrons. The van der Waals surface area contributed by atoms with Crippen LogP contribution in [-0.4, -0.2) is 18.4 Å². The van der Waals surface area contributed by atoms with Crippen LogP contribution in [0.25, 0.3) is 0 Å². The predicted octanol–water partition coefficient (Wildman–Crippen LogP) is 2.24. The highest BCUT2D eigenvalue weighted by molar-refractivity contribution is 5.92. The van der Waals surface area contributed by atoms with Crippen LogP contribution in [-0.2, 0) is 11.2 Å². The number of ketones is 1. The Hall–Kier alpha value is -0.900. The second-order valence-corrected chi connectivity index (χ2v) is 5.48. The van der Waals surface area contributed by atoms with Crippen LogP contribution in [0.4, 0.5) is 0 Å². The average Bonchev–Trinajstić information content (AvgIpc) is 2.33. The van der Waals surface area contributed by atoms with Crippen LogP contribution in [0.5, 0.6) is 0 Å². The molecule has 0 aromatic heterocycles. The largest absolute Gasteiger partial charge is 0.321 e. The lowest BCUT2D eigenvalue weighted by atomic mass is 9.84. The van der Waals surface area contributed by atoms with Crippen LogP contribution >= 0.6 is 12.4 Å². The molecule has 0 fully saturated rings. The van der Waals surface area contributed by atoms with Crippen molar-refractivity contribution in [3.05, 3.63) is 35.4 Å². The van der Waals surface area contributed by atoms with E-state index in [1.165, 1.54) is 5.56 Å². The summed E-state index contributed by atoms with van der Waals surface area (Å²) < 4.78 is 0. The Kier molecular flexibility index (Phi) is 5.98. The van der Waals surface area contributed by atoms with E-state index in [-0.39, 0.29) is 30.3 Å². The molecule has 1 aromatic carbocycles. The number of Topliss-reactive ketones (excluding diaryl/α,β-unsaturated/α-hetero) is 1. The monoisotopic (exact) mass is 282 g/mol. The second kappa shape index (κ2) is 7.04. The molecule has 0 amide bonds. The molecule has 1 aliphatic carbocycles. The third-order valence-electron chi connectivity index (χ3n) is 3.53. The molecule has 2 unspecified atom stereocenters. The SMILES string of the molecule is CC(C)CCNC1C(=O)C(N)Cc2ccccc21.Cl. The van der Waals surface area contributed by atoms with Crippen LogP contribution < -0.4 is 11.1 Å². The van der Waals surface area contributed by atoms with Gasteiger partial charge in [0.05, 0.1) is 12.1 Å². The smallest absolute Gasteiger partial charge is 0.171 e. The number of rotatable bonds is 4. The van der Waals surface area contributed by atoms with Gasteiger partial charge in [0.1, 0.15) is 0 Å². The maximum absolute atomic E-state index is 12.2. The van der Waals surface area contributed by atoms with Gasteiger partial charge in [-0.15, -0.1) is 12.4 Å². The summed E-state index contributed by atoms with van der Waals surface area (Å²) in [6, 6.07) is 7.51. The first-order chi connectivity index (χ1) is 8.59. The van der Waals surface area contributed by atoms with Gasteiger partial charge in [-0.05, 0) is 36.4 Å². The molecule has 3 N–H and O–H groups in total. The summed E-state index contributed by atoms with van der Waals surface area (Å²) >= 11 is 0. The molecule has 2 rings (SSSR count). The molecule has 4 heteroatoms. The molecule has 0 bridgehead atoms. The topological polar surface area (TPSA) is 55.1 Å². The summed E-state index contributed by atoms with van der Waals surface area (Å²) in [6.45, 7) is 5.23. The summed E-state index contributed by atoms with van der Waals surface area (Å²) in [7, 11) is 0. The first-order valence-electron chi connectivity index (χ1n) is 6.70. The summed E-state index contributed by atoms with van der Waals surface area (Å²) in [5.74, 6) is 0.762. The number of halogens is 1. The molecule has 2 atom stereocenters. The number of carbonyl (C=O) groups is 1. The average molecular weight is 283 g/mol. The van der Waals surface area contributed by atoms with Crippen molar-refractivity contribution in [1.29, 1.82) is 0 Å². The Morgan fingerprint density at radius 2 is 2.05 bits per heavy atom. The third-order valence-corrected chi connectivity index (χ3v) is 3.53. The van der Waals surface area contributed by atoms with E-state index in [2.05, 4.69) is 25.2 Å². The van der Waals surface area contributed by atoms with E-state index in [1.807, 2.05) is 18.2 Å². The van der Waals surface area contributed by atoms with Crippen LogP contribution in [0.15, 0.2) is 24.3 Å². The van der Waals surface area contributed by atoms with Gasteiger partial charge in [0.2, 0.25) is 0 Å². The van der Waals surface area contributed by atoms with Crippen LogP contribution in [0, 0.1) is 5.92 Å². The molecule has 0 spiro atoms. The van der Waals surface area contributed by atoms with Gasteiger partial charge in [-0.2, -0.15) is 0 Å². The zero-order valence-electron chi connectivity index (χ0n) is 11.6. The third kappa shape index (κ3) is 3.78. The lowest BCUT2D eigenvalue weighted by Gasteiger charge is -2.29. The van der Waals surface area contributed by atoms with Crippen molar-refractivity contribution < 1.29 is 4.79 Å². The van der Waals surface area contributed by atoms with Crippen molar-refractivity contribution in [2.45, 2.75) is 38.8 Å². The highest BCUT2D eigenvalue weighted by Crippen LogP contribution is 2.26. The molecule has 0 aliphatic heterocycles. The number of carbonyl (C=O) groups excluding carboxylic acids is 1. The van der Waals surface area contributed by atoms with E-state index in [0.29, 0.717) is 12.3 Å². The summed E-state index contributed by atoms with van der Waals surface area (Å²) in [6.07, 6.45) is 1.73. The number of hydrogen-bond donors (Lipinski definition) is 2. The number of fused-ring (bicyclic) bond motifs is 1. The summed E-state index contributed by atoms with van der Waals surface area (Å²) in [5.41, 5.74) is 8.23. The molecule has 0 saturated heterocycles. The molecular weight excluding hydrogens is 260 g/mol. The Morgan fingerprint density at radius 3 is 2.74 bits per heavy atom. The van der Waals surface area contributed by atoms with E-state index in [4.69, 9.17) is 5.73 Å². The van der Waals surface area contributed by atoms with Crippen molar-refractivity contribution in [2.24, 2.45) is 11.7 Å². The number of nitrogens with one attached hydrogen (secondary N) is 1. The van der Waals surface area contributed by atoms with Crippen molar-refractivity contribution in [3.8, 4) is 0 Å².